The molecule has 0 radical (unpaired) electrons. The first kappa shape index (κ1) is 17.4. The third kappa shape index (κ3) is 3.97. The van der Waals surface area contributed by atoms with E-state index in [0.29, 0.717) is 23.5 Å². The zero-order chi connectivity index (χ0) is 18.5. The van der Waals surface area contributed by atoms with E-state index >= 15 is 0 Å². The van der Waals surface area contributed by atoms with Crippen LogP contribution in [-0.2, 0) is 6.54 Å². The molecule has 0 saturated heterocycles. The molecule has 3 aromatic rings. The van der Waals surface area contributed by atoms with E-state index in [1.54, 1.807) is 35.1 Å². The molecule has 0 aliphatic rings. The highest BCUT2D eigenvalue weighted by atomic mass is 16.2. The van der Waals surface area contributed by atoms with Crippen LogP contribution in [0.2, 0.25) is 0 Å². The van der Waals surface area contributed by atoms with E-state index in [2.05, 4.69) is 15.7 Å². The number of aryl methyl sites for hydroxylation is 2. The summed E-state index contributed by atoms with van der Waals surface area (Å²) in [6.07, 6.45) is 1.66. The molecule has 6 nitrogen and oxygen atoms in total. The Morgan fingerprint density at radius 1 is 0.962 bits per heavy atom. The molecule has 6 heteroatoms. The van der Waals surface area contributed by atoms with Gasteiger partial charge in [-0.3, -0.25) is 14.3 Å². The molecular weight excluding hydrogens is 328 g/mol. The fourth-order valence-corrected chi connectivity index (χ4v) is 2.45. The van der Waals surface area contributed by atoms with E-state index < -0.39 is 0 Å². The van der Waals surface area contributed by atoms with Gasteiger partial charge in [0.05, 0.1) is 5.69 Å². The van der Waals surface area contributed by atoms with E-state index in [4.69, 9.17) is 0 Å². The molecule has 3 rings (SSSR count). The number of aromatic nitrogens is 2. The number of nitrogens with zero attached hydrogens (tertiary/aromatic N) is 2. The van der Waals surface area contributed by atoms with Gasteiger partial charge in [0.1, 0.15) is 0 Å². The normalized spacial score (nSPS) is 10.4. The van der Waals surface area contributed by atoms with Crippen LogP contribution in [-0.4, -0.2) is 21.6 Å². The minimum atomic E-state index is -0.373. The second-order valence-electron chi connectivity index (χ2n) is 5.89. The Morgan fingerprint density at radius 3 is 2.31 bits per heavy atom. The van der Waals surface area contributed by atoms with Crippen molar-refractivity contribution in [3.05, 3.63) is 77.6 Å². The zero-order valence-corrected chi connectivity index (χ0v) is 14.7. The second kappa shape index (κ2) is 7.65. The number of carbonyl (C=O) groups is 2. The molecule has 132 valence electrons. The Morgan fingerprint density at radius 2 is 1.65 bits per heavy atom. The molecule has 2 amide bonds. The van der Waals surface area contributed by atoms with Crippen molar-refractivity contribution >= 4 is 23.2 Å². The molecule has 0 bridgehead atoms. The van der Waals surface area contributed by atoms with Crippen molar-refractivity contribution in [1.29, 1.82) is 0 Å². The number of carbonyl (C=O) groups excluding carboxylic acids is 2. The van der Waals surface area contributed by atoms with Gasteiger partial charge in [0, 0.05) is 24.0 Å². The molecule has 0 fully saturated rings. The third-order valence-corrected chi connectivity index (χ3v) is 3.89. The van der Waals surface area contributed by atoms with Crippen molar-refractivity contribution in [3.8, 4) is 0 Å². The van der Waals surface area contributed by atoms with E-state index in [9.17, 15) is 9.59 Å². The monoisotopic (exact) mass is 348 g/mol. The predicted octanol–water partition coefficient (Wildman–Crippen LogP) is 3.72. The number of para-hydroxylation sites is 1. The lowest BCUT2D eigenvalue weighted by Crippen LogP contribution is -2.18. The first-order valence-electron chi connectivity index (χ1n) is 8.38. The van der Waals surface area contributed by atoms with Crippen molar-refractivity contribution in [2.75, 3.05) is 10.6 Å². The largest absolute Gasteiger partial charge is 0.321 e. The number of benzene rings is 2. The summed E-state index contributed by atoms with van der Waals surface area (Å²) in [5, 5.41) is 9.85. The summed E-state index contributed by atoms with van der Waals surface area (Å²) in [7, 11) is 0. The topological polar surface area (TPSA) is 76.0 Å². The molecule has 1 heterocycles. The highest BCUT2D eigenvalue weighted by Crippen LogP contribution is 2.18. The Balaban J connectivity index is 1.82. The minimum Gasteiger partial charge on any atom is -0.321 e. The number of nitrogens with one attached hydrogen (secondary N) is 2. The van der Waals surface area contributed by atoms with Crippen LogP contribution in [0, 0.1) is 6.92 Å². The molecular formula is C20H20N4O2. The summed E-state index contributed by atoms with van der Waals surface area (Å²) in [5.74, 6) is -0.656. The van der Waals surface area contributed by atoms with E-state index in [0.717, 1.165) is 5.56 Å². The van der Waals surface area contributed by atoms with Crippen molar-refractivity contribution in [2.24, 2.45) is 0 Å². The molecule has 2 aromatic carbocycles. The first-order chi connectivity index (χ1) is 12.6. The van der Waals surface area contributed by atoms with Crippen LogP contribution < -0.4 is 10.6 Å². The SMILES string of the molecule is CCn1cc(NC(=O)c2ccc(C)cc2)c(C(=O)Nc2ccccc2)n1. The predicted molar refractivity (Wildman–Crippen MR) is 101 cm³/mol. The second-order valence-corrected chi connectivity index (χ2v) is 5.89. The average molecular weight is 348 g/mol. The maximum atomic E-state index is 12.6. The number of hydrogen-bond donors (Lipinski definition) is 2. The fraction of sp³-hybridized carbons (Fsp3) is 0.150. The standard InChI is InChI=1S/C20H20N4O2/c1-3-24-13-17(22-19(25)15-11-9-14(2)10-12-15)18(23-24)20(26)21-16-7-5-4-6-8-16/h4-13H,3H2,1-2H3,(H,21,26)(H,22,25). The summed E-state index contributed by atoms with van der Waals surface area (Å²) >= 11 is 0. The van der Waals surface area contributed by atoms with Crippen LogP contribution in [0.25, 0.3) is 0 Å². The van der Waals surface area contributed by atoms with E-state index in [1.807, 2.05) is 44.2 Å². The lowest BCUT2D eigenvalue weighted by molar-refractivity contribution is 0.102. The lowest BCUT2D eigenvalue weighted by atomic mass is 10.1. The fourth-order valence-electron chi connectivity index (χ4n) is 2.45. The van der Waals surface area contributed by atoms with Crippen LogP contribution in [0.15, 0.2) is 60.8 Å². The molecule has 1 aromatic heterocycles. The molecule has 0 spiro atoms. The van der Waals surface area contributed by atoms with Crippen LogP contribution in [0.3, 0.4) is 0 Å². The van der Waals surface area contributed by atoms with Gasteiger partial charge in [-0.2, -0.15) is 5.10 Å². The number of anilines is 2. The summed E-state index contributed by atoms with van der Waals surface area (Å²) in [5.41, 5.74) is 2.82. The molecule has 0 saturated carbocycles. The van der Waals surface area contributed by atoms with Gasteiger partial charge in [-0.15, -0.1) is 0 Å². The first-order valence-corrected chi connectivity index (χ1v) is 8.38. The molecule has 0 unspecified atom stereocenters. The maximum absolute atomic E-state index is 12.6. The van der Waals surface area contributed by atoms with Crippen LogP contribution in [0.4, 0.5) is 11.4 Å². The van der Waals surface area contributed by atoms with Gasteiger partial charge in [0.2, 0.25) is 0 Å². The zero-order valence-electron chi connectivity index (χ0n) is 14.7. The summed E-state index contributed by atoms with van der Waals surface area (Å²) < 4.78 is 1.62. The highest BCUT2D eigenvalue weighted by Gasteiger charge is 2.19. The number of amides is 2. The number of rotatable bonds is 5. The smallest absolute Gasteiger partial charge is 0.278 e. The van der Waals surface area contributed by atoms with Crippen molar-refractivity contribution in [1.82, 2.24) is 9.78 Å². The van der Waals surface area contributed by atoms with Crippen molar-refractivity contribution in [3.63, 3.8) is 0 Å². The summed E-state index contributed by atoms with van der Waals surface area (Å²) in [6, 6.07) is 16.4. The Hall–Kier alpha value is -3.41. The Labute approximate surface area is 151 Å². The highest BCUT2D eigenvalue weighted by molar-refractivity contribution is 6.11. The summed E-state index contributed by atoms with van der Waals surface area (Å²) in [6.45, 7) is 4.46. The van der Waals surface area contributed by atoms with Gasteiger partial charge >= 0.3 is 0 Å². The quantitative estimate of drug-likeness (QED) is 0.738. The molecule has 2 N–H and O–H groups in total. The average Bonchev–Trinajstić information content (AvgIpc) is 3.06. The molecule has 0 aliphatic heterocycles. The van der Waals surface area contributed by atoms with Crippen LogP contribution in [0.5, 0.6) is 0 Å². The summed E-state index contributed by atoms with van der Waals surface area (Å²) in [4.78, 5) is 25.1. The Kier molecular flexibility index (Phi) is 5.12. The van der Waals surface area contributed by atoms with Gasteiger partial charge in [-0.1, -0.05) is 35.9 Å². The van der Waals surface area contributed by atoms with Gasteiger partial charge in [0.15, 0.2) is 5.69 Å². The lowest BCUT2D eigenvalue weighted by Gasteiger charge is -2.07. The maximum Gasteiger partial charge on any atom is 0.278 e. The van der Waals surface area contributed by atoms with Crippen LogP contribution >= 0.6 is 0 Å². The molecule has 0 atom stereocenters. The van der Waals surface area contributed by atoms with Crippen LogP contribution in [0.1, 0.15) is 33.3 Å². The Bertz CT molecular complexity index is 915. The van der Waals surface area contributed by atoms with E-state index in [-0.39, 0.29) is 17.5 Å². The van der Waals surface area contributed by atoms with Crippen molar-refractivity contribution < 1.29 is 9.59 Å². The van der Waals surface area contributed by atoms with Gasteiger partial charge in [-0.05, 0) is 38.1 Å². The van der Waals surface area contributed by atoms with Gasteiger partial charge in [0.25, 0.3) is 11.8 Å². The number of hydrogen-bond acceptors (Lipinski definition) is 3. The van der Waals surface area contributed by atoms with Gasteiger partial charge < -0.3 is 10.6 Å². The third-order valence-electron chi connectivity index (χ3n) is 3.89. The molecule has 26 heavy (non-hydrogen) atoms. The van der Waals surface area contributed by atoms with Gasteiger partial charge in [-0.25, -0.2) is 0 Å². The molecule has 0 aliphatic carbocycles. The van der Waals surface area contributed by atoms with E-state index in [1.165, 1.54) is 0 Å². The van der Waals surface area contributed by atoms with Crippen molar-refractivity contribution in [2.45, 2.75) is 20.4 Å². The minimum absolute atomic E-state index is 0.177.